The van der Waals surface area contributed by atoms with E-state index >= 15 is 0 Å². The van der Waals surface area contributed by atoms with Crippen molar-refractivity contribution in [3.63, 3.8) is 0 Å². The zero-order chi connectivity index (χ0) is 42.6. The van der Waals surface area contributed by atoms with Crippen LogP contribution in [-0.2, 0) is 10.8 Å². The Morgan fingerprint density at radius 2 is 1.03 bits per heavy atom. The third-order valence-electron chi connectivity index (χ3n) is 13.1. The van der Waals surface area contributed by atoms with Gasteiger partial charge in [0.2, 0.25) is 0 Å². The Balaban J connectivity index is 0.000000310. The van der Waals surface area contributed by atoms with Crippen LogP contribution in [0.15, 0.2) is 255 Å². The number of anilines is 1. The van der Waals surface area contributed by atoms with Gasteiger partial charge in [-0.15, -0.1) is 0 Å². The highest BCUT2D eigenvalue weighted by molar-refractivity contribution is 5.90. The van der Waals surface area contributed by atoms with Crippen molar-refractivity contribution in [2.75, 3.05) is 5.73 Å². The van der Waals surface area contributed by atoms with E-state index in [0.29, 0.717) is 0 Å². The highest BCUT2D eigenvalue weighted by Gasteiger charge is 2.56. The fraction of sp³-hybridized carbons (Fsp3) is 0.0645. The number of hydrogen-bond donors (Lipinski definition) is 1. The average molecular weight is 808 g/mol. The monoisotopic (exact) mass is 807 g/mol. The molecule has 8 aromatic carbocycles. The molecule has 0 saturated carbocycles. The Bertz CT molecular complexity index is 3010. The summed E-state index contributed by atoms with van der Waals surface area (Å²) >= 11 is 0. The Hall–Kier alpha value is -7.74. The molecule has 1 spiro atoms. The number of benzene rings is 8. The summed E-state index contributed by atoms with van der Waals surface area (Å²) in [5.74, 6) is 0. The van der Waals surface area contributed by atoms with Gasteiger partial charge in [-0.25, -0.2) is 0 Å². The van der Waals surface area contributed by atoms with Crippen LogP contribution in [0.25, 0.3) is 33.9 Å². The average Bonchev–Trinajstić information content (AvgIpc) is 3.64. The van der Waals surface area contributed by atoms with Crippen LogP contribution in [0.2, 0.25) is 0 Å². The number of nitrogen functional groups attached to an aromatic ring is 1. The molecule has 0 radical (unpaired) electrons. The molecule has 1 nitrogen and oxygen atoms in total. The first kappa shape index (κ1) is 39.4. The fourth-order valence-electron chi connectivity index (χ4n) is 10.4. The molecule has 0 aromatic heterocycles. The normalized spacial score (nSPS) is 17.9. The van der Waals surface area contributed by atoms with Crippen LogP contribution in [0.3, 0.4) is 0 Å². The Morgan fingerprint density at radius 1 is 0.492 bits per heavy atom. The van der Waals surface area contributed by atoms with Gasteiger partial charge in [0.05, 0.1) is 10.8 Å². The van der Waals surface area contributed by atoms with E-state index in [-0.39, 0.29) is 0 Å². The topological polar surface area (TPSA) is 26.0 Å². The number of fused-ring (bicyclic) bond motifs is 9. The Morgan fingerprint density at radius 3 is 1.67 bits per heavy atom. The molecule has 3 aliphatic carbocycles. The fourth-order valence-corrected chi connectivity index (χ4v) is 10.4. The molecule has 0 bridgehead atoms. The van der Waals surface area contributed by atoms with Crippen molar-refractivity contribution in [2.24, 2.45) is 0 Å². The molecular formula is C62H49N. The molecule has 302 valence electrons. The lowest BCUT2D eigenvalue weighted by Gasteiger charge is -2.51. The molecule has 0 atom stereocenters. The Labute approximate surface area is 372 Å². The molecule has 0 amide bonds. The van der Waals surface area contributed by atoms with Crippen LogP contribution in [0.4, 0.5) is 5.69 Å². The van der Waals surface area contributed by atoms with E-state index in [1.807, 2.05) is 48.5 Å². The van der Waals surface area contributed by atoms with Gasteiger partial charge < -0.3 is 5.73 Å². The van der Waals surface area contributed by atoms with Gasteiger partial charge in [0, 0.05) is 5.69 Å². The first-order chi connectivity index (χ1) is 31.1. The maximum Gasteiger partial charge on any atom is 0.0720 e. The SMILES string of the molecule is C=C(/C=C\C=C/c1ccc2c(c1)C1(c3ccccc3-2)c2ccccc2C(C2=CC=CCC2)(c2ccccc2)c2ccccc21)c1ccccc1.Nc1ccc(-c2ccccc2)cc1. The van der Waals surface area contributed by atoms with E-state index in [1.54, 1.807) is 0 Å². The molecule has 2 N–H and O–H groups in total. The summed E-state index contributed by atoms with van der Waals surface area (Å²) in [6.07, 6.45) is 17.6. The molecule has 0 saturated heterocycles. The smallest absolute Gasteiger partial charge is 0.0720 e. The molecule has 1 heteroatoms. The van der Waals surface area contributed by atoms with Crippen LogP contribution in [0.1, 0.15) is 62.9 Å². The largest absolute Gasteiger partial charge is 0.399 e. The van der Waals surface area contributed by atoms with Gasteiger partial charge in [-0.05, 0) is 109 Å². The zero-order valence-corrected chi connectivity index (χ0v) is 35.4. The second kappa shape index (κ2) is 17.0. The first-order valence-electron chi connectivity index (χ1n) is 22.0. The van der Waals surface area contributed by atoms with Crippen molar-refractivity contribution >= 4 is 17.3 Å². The predicted octanol–water partition coefficient (Wildman–Crippen LogP) is 15.2. The summed E-state index contributed by atoms with van der Waals surface area (Å²) in [7, 11) is 0. The number of rotatable bonds is 7. The summed E-state index contributed by atoms with van der Waals surface area (Å²) in [5.41, 5.74) is 24.8. The minimum atomic E-state index is -0.469. The van der Waals surface area contributed by atoms with Crippen LogP contribution in [0, 0.1) is 0 Å². The third kappa shape index (κ3) is 6.83. The van der Waals surface area contributed by atoms with Crippen molar-refractivity contribution in [1.29, 1.82) is 0 Å². The molecule has 63 heavy (non-hydrogen) atoms. The van der Waals surface area contributed by atoms with Crippen molar-refractivity contribution in [1.82, 2.24) is 0 Å². The molecule has 11 rings (SSSR count). The van der Waals surface area contributed by atoms with E-state index in [0.717, 1.165) is 29.7 Å². The maximum atomic E-state index is 5.60. The van der Waals surface area contributed by atoms with E-state index in [4.69, 9.17) is 5.73 Å². The molecule has 0 fully saturated rings. The summed E-state index contributed by atoms with van der Waals surface area (Å²) in [5, 5.41) is 0. The van der Waals surface area contributed by atoms with Crippen molar-refractivity contribution in [2.45, 2.75) is 23.7 Å². The molecule has 0 aliphatic heterocycles. The number of allylic oxidation sites excluding steroid dienone is 8. The van der Waals surface area contributed by atoms with Crippen molar-refractivity contribution < 1.29 is 0 Å². The summed E-state index contributed by atoms with van der Waals surface area (Å²) < 4.78 is 0. The van der Waals surface area contributed by atoms with Gasteiger partial charge in [0.1, 0.15) is 0 Å². The predicted molar refractivity (Wildman–Crippen MR) is 266 cm³/mol. The minimum Gasteiger partial charge on any atom is -0.399 e. The van der Waals surface area contributed by atoms with Gasteiger partial charge in [-0.3, -0.25) is 0 Å². The second-order valence-corrected chi connectivity index (χ2v) is 16.6. The van der Waals surface area contributed by atoms with Crippen LogP contribution < -0.4 is 5.73 Å². The third-order valence-corrected chi connectivity index (χ3v) is 13.1. The first-order valence-corrected chi connectivity index (χ1v) is 22.0. The summed E-state index contributed by atoms with van der Waals surface area (Å²) in [6, 6.07) is 74.5. The van der Waals surface area contributed by atoms with Crippen LogP contribution in [-0.4, -0.2) is 0 Å². The highest BCUT2D eigenvalue weighted by atomic mass is 14.6. The lowest BCUT2D eigenvalue weighted by molar-refractivity contribution is 0.595. The molecule has 8 aromatic rings. The lowest BCUT2D eigenvalue weighted by Crippen LogP contribution is -2.45. The number of hydrogen-bond acceptors (Lipinski definition) is 1. The minimum absolute atomic E-state index is 0.411. The summed E-state index contributed by atoms with van der Waals surface area (Å²) in [4.78, 5) is 0. The second-order valence-electron chi connectivity index (χ2n) is 16.6. The van der Waals surface area contributed by atoms with Gasteiger partial charge in [0.15, 0.2) is 0 Å². The molecule has 3 aliphatic rings. The molecule has 0 heterocycles. The Kier molecular flexibility index (Phi) is 10.6. The molecule has 0 unspecified atom stereocenters. The van der Waals surface area contributed by atoms with Crippen molar-refractivity contribution in [3.05, 3.63) is 305 Å². The van der Waals surface area contributed by atoms with Gasteiger partial charge in [-0.1, -0.05) is 243 Å². The van der Waals surface area contributed by atoms with Crippen LogP contribution in [0.5, 0.6) is 0 Å². The van der Waals surface area contributed by atoms with E-state index < -0.39 is 10.8 Å². The maximum absolute atomic E-state index is 5.60. The van der Waals surface area contributed by atoms with E-state index in [1.165, 1.54) is 72.3 Å². The van der Waals surface area contributed by atoms with Gasteiger partial charge in [-0.2, -0.15) is 0 Å². The standard InChI is InChI=1S/C50H38.C12H11N/c1-36(38-21-5-2-6-22-38)19-11-12-20-37-33-34-42-41-27-13-14-28-43(41)50(48(42)35-37)46-31-17-15-29-44(46)49(39-23-7-3-8-24-39,40-25-9-4-10-26-40)45-30-16-18-32-47(45)50;13-12-8-6-11(7-9-12)10-4-2-1-3-5-10/h2-9,11-25,27-35H,1,10,26H2;1-9H,13H2/b19-11-,20-12-;. The van der Waals surface area contributed by atoms with Crippen LogP contribution >= 0.6 is 0 Å². The van der Waals surface area contributed by atoms with Gasteiger partial charge in [0.25, 0.3) is 0 Å². The van der Waals surface area contributed by atoms with E-state index in [9.17, 15) is 0 Å². The van der Waals surface area contributed by atoms with Crippen molar-refractivity contribution in [3.8, 4) is 22.3 Å². The zero-order valence-electron chi connectivity index (χ0n) is 35.4. The lowest BCUT2D eigenvalue weighted by atomic mass is 9.50. The highest BCUT2D eigenvalue weighted by Crippen LogP contribution is 2.65. The summed E-state index contributed by atoms with van der Waals surface area (Å²) in [6.45, 7) is 4.28. The quantitative estimate of drug-likeness (QED) is 0.126. The van der Waals surface area contributed by atoms with Gasteiger partial charge >= 0.3 is 0 Å². The van der Waals surface area contributed by atoms with E-state index in [2.05, 4.69) is 207 Å². The molecular weight excluding hydrogens is 759 g/mol. The number of nitrogens with two attached hydrogens (primary N) is 1.